The fourth-order valence-electron chi connectivity index (χ4n) is 2.43. The van der Waals surface area contributed by atoms with Gasteiger partial charge >= 0.3 is 0 Å². The standard InChI is InChI=1S/C14H29N3O/c1-10(2)7-16-14(18)8-15-13-6-12(4)17(5)9-11(13)3/h10-13,15H,6-9H2,1-5H3,(H,16,18). The van der Waals surface area contributed by atoms with Gasteiger partial charge in [0.1, 0.15) is 0 Å². The highest BCUT2D eigenvalue weighted by Gasteiger charge is 2.28. The molecule has 1 aliphatic rings. The van der Waals surface area contributed by atoms with Crippen molar-refractivity contribution >= 4 is 5.91 Å². The Balaban J connectivity index is 2.28. The van der Waals surface area contributed by atoms with Gasteiger partial charge in [0, 0.05) is 25.2 Å². The average molecular weight is 255 g/mol. The normalized spacial score (nSPS) is 29.6. The topological polar surface area (TPSA) is 44.4 Å². The second-order valence-corrected chi connectivity index (χ2v) is 6.19. The fourth-order valence-corrected chi connectivity index (χ4v) is 2.43. The summed E-state index contributed by atoms with van der Waals surface area (Å²) < 4.78 is 0. The molecule has 2 N–H and O–H groups in total. The van der Waals surface area contributed by atoms with Crippen molar-refractivity contribution in [2.45, 2.75) is 46.2 Å². The van der Waals surface area contributed by atoms with Crippen molar-refractivity contribution in [1.82, 2.24) is 15.5 Å². The van der Waals surface area contributed by atoms with Crippen LogP contribution in [0.3, 0.4) is 0 Å². The Kier molecular flexibility index (Phi) is 6.09. The molecule has 18 heavy (non-hydrogen) atoms. The predicted octanol–water partition coefficient (Wildman–Crippen LogP) is 1.08. The number of piperidine rings is 1. The van der Waals surface area contributed by atoms with Gasteiger partial charge in [-0.25, -0.2) is 0 Å². The number of amides is 1. The Morgan fingerprint density at radius 1 is 1.39 bits per heavy atom. The third-order valence-corrected chi connectivity index (χ3v) is 3.84. The van der Waals surface area contributed by atoms with Crippen molar-refractivity contribution in [3.8, 4) is 0 Å². The first-order valence-corrected chi connectivity index (χ1v) is 7.10. The molecule has 3 unspecified atom stereocenters. The lowest BCUT2D eigenvalue weighted by atomic mass is 9.90. The number of carbonyl (C=O) groups is 1. The van der Waals surface area contributed by atoms with E-state index in [0.29, 0.717) is 30.5 Å². The van der Waals surface area contributed by atoms with E-state index in [1.165, 1.54) is 0 Å². The van der Waals surface area contributed by atoms with Gasteiger partial charge in [0.05, 0.1) is 6.54 Å². The highest BCUT2D eigenvalue weighted by molar-refractivity contribution is 5.78. The highest BCUT2D eigenvalue weighted by Crippen LogP contribution is 2.20. The van der Waals surface area contributed by atoms with Crippen molar-refractivity contribution in [3.05, 3.63) is 0 Å². The summed E-state index contributed by atoms with van der Waals surface area (Å²) in [5.41, 5.74) is 0. The first kappa shape index (κ1) is 15.4. The van der Waals surface area contributed by atoms with Crippen LogP contribution in [0.2, 0.25) is 0 Å². The summed E-state index contributed by atoms with van der Waals surface area (Å²) in [5.74, 6) is 1.22. The fraction of sp³-hybridized carbons (Fsp3) is 0.929. The van der Waals surface area contributed by atoms with Gasteiger partial charge in [-0.2, -0.15) is 0 Å². The van der Waals surface area contributed by atoms with E-state index in [1.54, 1.807) is 0 Å². The van der Waals surface area contributed by atoms with E-state index in [0.717, 1.165) is 19.5 Å². The Morgan fingerprint density at radius 2 is 2.06 bits per heavy atom. The first-order chi connectivity index (χ1) is 8.40. The van der Waals surface area contributed by atoms with Gasteiger partial charge < -0.3 is 15.5 Å². The van der Waals surface area contributed by atoms with Gasteiger partial charge in [0.25, 0.3) is 0 Å². The van der Waals surface area contributed by atoms with E-state index in [-0.39, 0.29) is 5.91 Å². The SMILES string of the molecule is CC(C)CNC(=O)CNC1CC(C)N(C)CC1C. The molecule has 1 amide bonds. The molecule has 3 atom stereocenters. The molecule has 4 nitrogen and oxygen atoms in total. The number of carbonyl (C=O) groups excluding carboxylic acids is 1. The van der Waals surface area contributed by atoms with Crippen LogP contribution in [0, 0.1) is 11.8 Å². The van der Waals surface area contributed by atoms with Crippen LogP contribution >= 0.6 is 0 Å². The van der Waals surface area contributed by atoms with Crippen LogP contribution in [0.4, 0.5) is 0 Å². The quantitative estimate of drug-likeness (QED) is 0.772. The van der Waals surface area contributed by atoms with Crippen LogP contribution in [-0.2, 0) is 4.79 Å². The molecular weight excluding hydrogens is 226 g/mol. The number of rotatable bonds is 5. The minimum Gasteiger partial charge on any atom is -0.355 e. The largest absolute Gasteiger partial charge is 0.355 e. The third-order valence-electron chi connectivity index (χ3n) is 3.84. The molecular formula is C14H29N3O. The van der Waals surface area contributed by atoms with Crippen LogP contribution in [-0.4, -0.2) is 49.6 Å². The van der Waals surface area contributed by atoms with Crippen molar-refractivity contribution < 1.29 is 4.79 Å². The monoisotopic (exact) mass is 255 g/mol. The summed E-state index contributed by atoms with van der Waals surface area (Å²) in [6.07, 6.45) is 1.12. The van der Waals surface area contributed by atoms with Gasteiger partial charge in [-0.15, -0.1) is 0 Å². The zero-order chi connectivity index (χ0) is 13.7. The van der Waals surface area contributed by atoms with E-state index < -0.39 is 0 Å². The summed E-state index contributed by atoms with van der Waals surface area (Å²) in [6, 6.07) is 1.05. The van der Waals surface area contributed by atoms with Crippen LogP contribution in [0.1, 0.15) is 34.1 Å². The number of hydrogen-bond donors (Lipinski definition) is 2. The minimum absolute atomic E-state index is 0.113. The summed E-state index contributed by atoms with van der Waals surface area (Å²) >= 11 is 0. The lowest BCUT2D eigenvalue weighted by Gasteiger charge is -2.40. The summed E-state index contributed by atoms with van der Waals surface area (Å²) in [6.45, 7) is 11.0. The van der Waals surface area contributed by atoms with Crippen molar-refractivity contribution in [2.75, 3.05) is 26.7 Å². The summed E-state index contributed by atoms with van der Waals surface area (Å²) in [7, 11) is 2.17. The van der Waals surface area contributed by atoms with Crippen LogP contribution in [0.15, 0.2) is 0 Å². The lowest BCUT2D eigenvalue weighted by Crippen LogP contribution is -2.52. The molecule has 4 heteroatoms. The molecule has 0 aromatic rings. The number of nitrogens with one attached hydrogen (secondary N) is 2. The van der Waals surface area contributed by atoms with Crippen LogP contribution in [0.5, 0.6) is 0 Å². The molecule has 1 aliphatic heterocycles. The molecule has 1 fully saturated rings. The molecule has 1 heterocycles. The average Bonchev–Trinajstić information content (AvgIpc) is 2.29. The lowest BCUT2D eigenvalue weighted by molar-refractivity contribution is -0.120. The summed E-state index contributed by atoms with van der Waals surface area (Å²) in [5, 5.41) is 6.35. The molecule has 0 radical (unpaired) electrons. The smallest absolute Gasteiger partial charge is 0.233 e. The van der Waals surface area contributed by atoms with E-state index >= 15 is 0 Å². The number of likely N-dealkylation sites (tertiary alicyclic amines) is 1. The zero-order valence-electron chi connectivity index (χ0n) is 12.5. The van der Waals surface area contributed by atoms with Gasteiger partial charge in [0.15, 0.2) is 0 Å². The Morgan fingerprint density at radius 3 is 2.67 bits per heavy atom. The second-order valence-electron chi connectivity index (χ2n) is 6.19. The van der Waals surface area contributed by atoms with E-state index in [4.69, 9.17) is 0 Å². The maximum atomic E-state index is 11.7. The van der Waals surface area contributed by atoms with Crippen molar-refractivity contribution in [2.24, 2.45) is 11.8 Å². The molecule has 0 spiro atoms. The van der Waals surface area contributed by atoms with Gasteiger partial charge in [-0.3, -0.25) is 4.79 Å². The maximum absolute atomic E-state index is 11.7. The molecule has 0 bridgehead atoms. The maximum Gasteiger partial charge on any atom is 0.233 e. The number of hydrogen-bond acceptors (Lipinski definition) is 3. The number of nitrogens with zero attached hydrogens (tertiary/aromatic N) is 1. The van der Waals surface area contributed by atoms with E-state index in [1.807, 2.05) is 0 Å². The molecule has 106 valence electrons. The zero-order valence-corrected chi connectivity index (χ0v) is 12.5. The van der Waals surface area contributed by atoms with E-state index in [2.05, 4.69) is 50.3 Å². The highest BCUT2D eigenvalue weighted by atomic mass is 16.1. The molecule has 0 aromatic carbocycles. The molecule has 1 saturated heterocycles. The van der Waals surface area contributed by atoms with Crippen LogP contribution < -0.4 is 10.6 Å². The van der Waals surface area contributed by atoms with Crippen molar-refractivity contribution in [1.29, 1.82) is 0 Å². The summed E-state index contributed by atoms with van der Waals surface area (Å²) in [4.78, 5) is 14.0. The van der Waals surface area contributed by atoms with Crippen LogP contribution in [0.25, 0.3) is 0 Å². The Hall–Kier alpha value is -0.610. The minimum atomic E-state index is 0.113. The second kappa shape index (κ2) is 7.10. The van der Waals surface area contributed by atoms with Gasteiger partial charge in [-0.1, -0.05) is 20.8 Å². The van der Waals surface area contributed by atoms with Gasteiger partial charge in [-0.05, 0) is 32.2 Å². The van der Waals surface area contributed by atoms with Gasteiger partial charge in [0.2, 0.25) is 5.91 Å². The first-order valence-electron chi connectivity index (χ1n) is 7.10. The molecule has 0 aromatic heterocycles. The predicted molar refractivity (Wildman–Crippen MR) is 75.5 cm³/mol. The Bertz CT molecular complexity index is 268. The molecule has 0 saturated carbocycles. The van der Waals surface area contributed by atoms with Crippen molar-refractivity contribution in [3.63, 3.8) is 0 Å². The Labute approximate surface area is 111 Å². The third kappa shape index (κ3) is 4.94. The molecule has 0 aliphatic carbocycles. The molecule has 1 rings (SSSR count). The van der Waals surface area contributed by atoms with E-state index in [9.17, 15) is 4.79 Å².